The van der Waals surface area contributed by atoms with Gasteiger partial charge >= 0.3 is 11.9 Å². The summed E-state index contributed by atoms with van der Waals surface area (Å²) < 4.78 is 5.24. The summed E-state index contributed by atoms with van der Waals surface area (Å²) in [6, 6.07) is 7.00. The lowest BCUT2D eigenvalue weighted by atomic mass is 10.0. The molecule has 3 heterocycles. The maximum Gasteiger partial charge on any atom is 0.352 e. The van der Waals surface area contributed by atoms with Gasteiger partial charge in [0.25, 0.3) is 5.91 Å². The molecule has 1 aromatic heterocycles. The van der Waals surface area contributed by atoms with Gasteiger partial charge in [-0.3, -0.25) is 19.5 Å². The average Bonchev–Trinajstić information content (AvgIpc) is 2.86. The highest BCUT2D eigenvalue weighted by Crippen LogP contribution is 2.40. The Labute approximate surface area is 218 Å². The smallest absolute Gasteiger partial charge is 0.352 e. The van der Waals surface area contributed by atoms with E-state index in [4.69, 9.17) is 27.9 Å². The molecule has 1 aromatic carbocycles. The van der Waals surface area contributed by atoms with E-state index in [1.165, 1.54) is 48.1 Å². The molecule has 1 unspecified atom stereocenters. The van der Waals surface area contributed by atoms with Crippen LogP contribution in [0, 0.1) is 0 Å². The minimum atomic E-state index is -1.31. The number of esters is 1. The van der Waals surface area contributed by atoms with E-state index in [1.54, 1.807) is 18.2 Å². The van der Waals surface area contributed by atoms with Gasteiger partial charge in [-0.25, -0.2) is 9.59 Å². The highest BCUT2D eigenvalue weighted by atomic mass is 35.5. The lowest BCUT2D eigenvalue weighted by Gasteiger charge is -2.49. The van der Waals surface area contributed by atoms with Crippen LogP contribution in [0.15, 0.2) is 58.9 Å². The van der Waals surface area contributed by atoms with Crippen molar-refractivity contribution in [1.82, 2.24) is 15.2 Å². The Hall–Kier alpha value is -2.73. The number of hydrogen-bond acceptors (Lipinski definition) is 8. The minimum Gasteiger partial charge on any atom is -0.477 e. The Morgan fingerprint density at radius 1 is 1.23 bits per heavy atom. The van der Waals surface area contributed by atoms with Crippen LogP contribution in [-0.4, -0.2) is 68.3 Å². The third kappa shape index (κ3) is 5.58. The summed E-state index contributed by atoms with van der Waals surface area (Å²) >= 11 is 14.5. The second-order valence-corrected chi connectivity index (χ2v) is 10.4. The lowest BCUT2D eigenvalue weighted by molar-refractivity contribution is -0.150. The van der Waals surface area contributed by atoms with Gasteiger partial charge < -0.3 is 15.2 Å². The largest absolute Gasteiger partial charge is 0.477 e. The first kappa shape index (κ1) is 25.4. The number of benzene rings is 1. The van der Waals surface area contributed by atoms with Crippen LogP contribution >= 0.6 is 46.7 Å². The van der Waals surface area contributed by atoms with E-state index in [0.29, 0.717) is 20.5 Å². The number of carbonyl (C=O) groups is 4. The SMILES string of the molecule is O=C(CSc1cc(Cl)ccc1Cl)N[C@@H]1C(=O)N2C(C(=O)O)=C(COC(=O)c3ccncc3)CSC12. The number of rotatable bonds is 8. The number of β-lactam (4-membered cyclic amide) rings is 1. The summed E-state index contributed by atoms with van der Waals surface area (Å²) in [5.41, 5.74) is 0.343. The van der Waals surface area contributed by atoms with E-state index in [0.717, 1.165) is 4.90 Å². The standard InChI is InChI=1S/C22H17Cl2N3O6S2/c23-13-1-2-14(24)15(7-13)34-10-16(28)26-17-19(29)27-18(21(30)31)12(9-35-20(17)27)8-33-22(32)11-3-5-25-6-4-11/h1-7,17,20H,8-10H2,(H,26,28)(H,30,31)/t17-,20?/m1/s1. The summed E-state index contributed by atoms with van der Waals surface area (Å²) in [6.07, 6.45) is 2.88. The van der Waals surface area contributed by atoms with Gasteiger partial charge in [-0.2, -0.15) is 0 Å². The van der Waals surface area contributed by atoms with Gasteiger partial charge in [-0.15, -0.1) is 23.5 Å². The van der Waals surface area contributed by atoms with Crippen LogP contribution < -0.4 is 5.32 Å². The molecule has 2 aromatic rings. The van der Waals surface area contributed by atoms with Gasteiger partial charge in [-0.05, 0) is 30.3 Å². The molecular formula is C22H17Cl2N3O6S2. The first-order valence-corrected chi connectivity index (χ1v) is 12.9. The fourth-order valence-electron chi connectivity index (χ4n) is 3.46. The van der Waals surface area contributed by atoms with Crippen LogP contribution in [0.3, 0.4) is 0 Å². The number of halogens is 2. The van der Waals surface area contributed by atoms with Crippen molar-refractivity contribution >= 4 is 70.5 Å². The topological polar surface area (TPSA) is 126 Å². The molecule has 9 nitrogen and oxygen atoms in total. The molecule has 0 saturated carbocycles. The second kappa shape index (κ2) is 10.9. The third-order valence-electron chi connectivity index (χ3n) is 5.11. The van der Waals surface area contributed by atoms with Crippen LogP contribution in [0.1, 0.15) is 10.4 Å². The van der Waals surface area contributed by atoms with Crippen molar-refractivity contribution in [2.45, 2.75) is 16.3 Å². The van der Waals surface area contributed by atoms with Crippen molar-refractivity contribution < 1.29 is 29.0 Å². The number of nitrogens with one attached hydrogen (secondary N) is 1. The quantitative estimate of drug-likeness (QED) is 0.288. The molecule has 35 heavy (non-hydrogen) atoms. The number of thioether (sulfide) groups is 2. The minimum absolute atomic E-state index is 0.000929. The van der Waals surface area contributed by atoms with Crippen molar-refractivity contribution in [3.63, 3.8) is 0 Å². The Morgan fingerprint density at radius 2 is 1.97 bits per heavy atom. The van der Waals surface area contributed by atoms with Gasteiger partial charge in [0, 0.05) is 33.6 Å². The number of carbonyl (C=O) groups excluding carboxylic acids is 3. The summed E-state index contributed by atoms with van der Waals surface area (Å²) in [4.78, 5) is 54.9. The maximum atomic E-state index is 12.8. The molecule has 4 rings (SSSR count). The fraction of sp³-hybridized carbons (Fsp3) is 0.227. The molecule has 0 bridgehead atoms. The molecule has 0 spiro atoms. The van der Waals surface area contributed by atoms with E-state index >= 15 is 0 Å². The van der Waals surface area contributed by atoms with Gasteiger partial charge in [-0.1, -0.05) is 23.2 Å². The summed E-state index contributed by atoms with van der Waals surface area (Å²) in [5, 5.41) is 12.8. The van der Waals surface area contributed by atoms with E-state index in [9.17, 15) is 24.3 Å². The zero-order chi connectivity index (χ0) is 25.1. The number of amides is 2. The molecule has 1 fully saturated rings. The molecule has 2 amide bonds. The normalized spacial score (nSPS) is 19.0. The number of pyridine rings is 1. The lowest BCUT2D eigenvalue weighted by Crippen LogP contribution is -2.70. The Morgan fingerprint density at radius 3 is 2.69 bits per heavy atom. The monoisotopic (exact) mass is 553 g/mol. The highest BCUT2D eigenvalue weighted by molar-refractivity contribution is 8.00. The molecule has 0 radical (unpaired) electrons. The molecular weight excluding hydrogens is 537 g/mol. The zero-order valence-electron chi connectivity index (χ0n) is 17.8. The van der Waals surface area contributed by atoms with Crippen molar-refractivity contribution in [3.8, 4) is 0 Å². The number of ether oxygens (including phenoxy) is 1. The first-order valence-electron chi connectivity index (χ1n) is 10.1. The summed E-state index contributed by atoms with van der Waals surface area (Å²) in [6.45, 7) is -0.277. The molecule has 182 valence electrons. The molecule has 13 heteroatoms. The number of aliphatic carboxylic acids is 1. The Kier molecular flexibility index (Phi) is 7.90. The third-order valence-corrected chi connectivity index (χ3v) is 8.18. The molecule has 2 aliphatic heterocycles. The van der Waals surface area contributed by atoms with Gasteiger partial charge in [0.15, 0.2) is 0 Å². The van der Waals surface area contributed by atoms with Crippen LogP contribution in [0.4, 0.5) is 0 Å². The van der Waals surface area contributed by atoms with Crippen molar-refractivity contribution in [1.29, 1.82) is 0 Å². The van der Waals surface area contributed by atoms with E-state index in [2.05, 4.69) is 10.3 Å². The number of nitrogens with zero attached hydrogens (tertiary/aromatic N) is 2. The van der Waals surface area contributed by atoms with Crippen LogP contribution in [-0.2, 0) is 19.1 Å². The average molecular weight is 554 g/mol. The summed E-state index contributed by atoms with van der Waals surface area (Å²) in [7, 11) is 0. The van der Waals surface area contributed by atoms with Crippen LogP contribution in [0.25, 0.3) is 0 Å². The Balaban J connectivity index is 1.38. The van der Waals surface area contributed by atoms with Crippen molar-refractivity contribution in [3.05, 3.63) is 69.6 Å². The van der Waals surface area contributed by atoms with Gasteiger partial charge in [0.1, 0.15) is 23.7 Å². The second-order valence-electron chi connectivity index (χ2n) is 7.39. The molecule has 2 N–H and O–H groups in total. The zero-order valence-corrected chi connectivity index (χ0v) is 20.9. The number of hydrogen-bond donors (Lipinski definition) is 2. The van der Waals surface area contributed by atoms with E-state index in [1.807, 2.05) is 0 Å². The Bertz CT molecular complexity index is 1230. The highest BCUT2D eigenvalue weighted by Gasteiger charge is 2.54. The number of carboxylic acid groups (broad SMARTS) is 1. The van der Waals surface area contributed by atoms with E-state index in [-0.39, 0.29) is 29.4 Å². The van der Waals surface area contributed by atoms with Crippen LogP contribution in [0.2, 0.25) is 10.0 Å². The van der Waals surface area contributed by atoms with Gasteiger partial charge in [0.2, 0.25) is 5.91 Å². The number of carboxylic acids is 1. The molecule has 2 atom stereocenters. The van der Waals surface area contributed by atoms with Crippen molar-refractivity contribution in [2.75, 3.05) is 18.1 Å². The summed E-state index contributed by atoms with van der Waals surface area (Å²) in [5.74, 6) is -2.67. The van der Waals surface area contributed by atoms with E-state index < -0.39 is 35.2 Å². The molecule has 2 aliphatic rings. The van der Waals surface area contributed by atoms with Crippen LogP contribution in [0.5, 0.6) is 0 Å². The first-order chi connectivity index (χ1) is 16.8. The maximum absolute atomic E-state index is 12.8. The fourth-order valence-corrected chi connectivity index (χ4v) is 6.10. The predicted molar refractivity (Wildman–Crippen MR) is 131 cm³/mol. The predicted octanol–water partition coefficient (Wildman–Crippen LogP) is 3.08. The van der Waals surface area contributed by atoms with Gasteiger partial charge in [0.05, 0.1) is 16.3 Å². The molecule has 1 saturated heterocycles. The number of fused-ring (bicyclic) bond motifs is 1. The molecule has 0 aliphatic carbocycles. The number of aromatic nitrogens is 1. The van der Waals surface area contributed by atoms with Crippen molar-refractivity contribution in [2.24, 2.45) is 0 Å².